The Labute approximate surface area is 164 Å². The molecule has 2 fully saturated rings. The van der Waals surface area contributed by atoms with Crippen molar-refractivity contribution in [1.82, 2.24) is 14.7 Å². The maximum atomic E-state index is 12.9. The first-order valence-corrected chi connectivity index (χ1v) is 10.0. The summed E-state index contributed by atoms with van der Waals surface area (Å²) in [6.45, 7) is 2.07. The second-order valence-electron chi connectivity index (χ2n) is 7.88. The fourth-order valence-corrected chi connectivity index (χ4v) is 4.41. The molecule has 0 spiro atoms. The summed E-state index contributed by atoms with van der Waals surface area (Å²) < 4.78 is 0. The van der Waals surface area contributed by atoms with Crippen LogP contribution in [0.4, 0.5) is 0 Å². The van der Waals surface area contributed by atoms with E-state index in [1.54, 1.807) is 17.0 Å². The number of fused-ring (bicyclic) bond motifs is 1. The number of carbonyl (C=O) groups excluding carboxylic acids is 4. The highest BCUT2D eigenvalue weighted by Crippen LogP contribution is 2.26. The third-order valence-corrected chi connectivity index (χ3v) is 6.17. The number of nitrogens with zero attached hydrogens (tertiary/aromatic N) is 3. The van der Waals surface area contributed by atoms with E-state index in [9.17, 15) is 19.2 Å². The average molecular weight is 383 g/mol. The molecule has 2 aliphatic heterocycles. The highest BCUT2D eigenvalue weighted by Gasteiger charge is 2.34. The minimum atomic E-state index is -0.377. The van der Waals surface area contributed by atoms with Crippen LogP contribution in [0.3, 0.4) is 0 Å². The molecular weight excluding hydrogens is 358 g/mol. The largest absolute Gasteiger partial charge is 0.339 e. The van der Waals surface area contributed by atoms with E-state index in [1.807, 2.05) is 4.90 Å². The second kappa shape index (κ2) is 7.37. The molecule has 0 unspecified atom stereocenters. The maximum absolute atomic E-state index is 12.9. The van der Waals surface area contributed by atoms with Gasteiger partial charge >= 0.3 is 0 Å². The van der Waals surface area contributed by atoms with Crippen LogP contribution in [0.15, 0.2) is 18.2 Å². The van der Waals surface area contributed by atoms with Crippen molar-refractivity contribution < 1.29 is 19.2 Å². The molecular formula is C21H25N3O4. The van der Waals surface area contributed by atoms with Crippen molar-refractivity contribution in [3.63, 3.8) is 0 Å². The Hall–Kier alpha value is -2.70. The Morgan fingerprint density at radius 3 is 2.14 bits per heavy atom. The van der Waals surface area contributed by atoms with Gasteiger partial charge in [0.15, 0.2) is 0 Å². The van der Waals surface area contributed by atoms with Gasteiger partial charge in [-0.05, 0) is 31.0 Å². The molecule has 0 bridgehead atoms. The molecule has 1 aromatic carbocycles. The first-order chi connectivity index (χ1) is 13.5. The maximum Gasteiger partial charge on any atom is 0.261 e. The summed E-state index contributed by atoms with van der Waals surface area (Å²) in [6, 6.07) is 4.67. The van der Waals surface area contributed by atoms with E-state index in [2.05, 4.69) is 0 Å². The number of amides is 4. The third kappa shape index (κ3) is 3.19. The highest BCUT2D eigenvalue weighted by atomic mass is 16.2. The summed E-state index contributed by atoms with van der Waals surface area (Å²) in [7, 11) is 1.44. The zero-order valence-electron chi connectivity index (χ0n) is 16.1. The summed E-state index contributed by atoms with van der Waals surface area (Å²) >= 11 is 0. The molecule has 4 amide bonds. The molecule has 28 heavy (non-hydrogen) atoms. The molecule has 0 radical (unpaired) electrons. The van der Waals surface area contributed by atoms with Gasteiger partial charge in [-0.25, -0.2) is 0 Å². The summed E-state index contributed by atoms with van der Waals surface area (Å²) in [6.07, 6.45) is 5.44. The van der Waals surface area contributed by atoms with Crippen LogP contribution in [0.25, 0.3) is 0 Å². The van der Waals surface area contributed by atoms with Gasteiger partial charge in [0.2, 0.25) is 5.91 Å². The molecule has 0 N–H and O–H groups in total. The Bertz CT molecular complexity index is 836. The van der Waals surface area contributed by atoms with Crippen LogP contribution < -0.4 is 0 Å². The Balaban J connectivity index is 1.40. The van der Waals surface area contributed by atoms with Gasteiger partial charge in [0.05, 0.1) is 11.1 Å². The zero-order chi connectivity index (χ0) is 19.8. The summed E-state index contributed by atoms with van der Waals surface area (Å²) in [5.74, 6) is -0.501. The molecule has 4 rings (SSSR count). The molecule has 1 saturated carbocycles. The molecule has 1 aromatic rings. The fraction of sp³-hybridized carbons (Fsp3) is 0.524. The number of benzene rings is 1. The predicted octanol–water partition coefficient (Wildman–Crippen LogP) is 1.78. The Kier molecular flexibility index (Phi) is 4.91. The first kappa shape index (κ1) is 18.7. The van der Waals surface area contributed by atoms with E-state index < -0.39 is 0 Å². The van der Waals surface area contributed by atoms with E-state index in [0.29, 0.717) is 37.3 Å². The van der Waals surface area contributed by atoms with Crippen molar-refractivity contribution in [3.8, 4) is 0 Å². The summed E-state index contributed by atoms with van der Waals surface area (Å²) in [5, 5.41) is 0. The predicted molar refractivity (Wildman–Crippen MR) is 102 cm³/mol. The molecule has 7 nitrogen and oxygen atoms in total. The molecule has 7 heteroatoms. The van der Waals surface area contributed by atoms with Crippen molar-refractivity contribution in [2.24, 2.45) is 5.92 Å². The van der Waals surface area contributed by atoms with Crippen molar-refractivity contribution >= 4 is 23.6 Å². The van der Waals surface area contributed by atoms with Crippen molar-refractivity contribution in [1.29, 1.82) is 0 Å². The fourth-order valence-electron chi connectivity index (χ4n) is 4.41. The van der Waals surface area contributed by atoms with Crippen molar-refractivity contribution in [3.05, 3.63) is 34.9 Å². The van der Waals surface area contributed by atoms with Gasteiger partial charge < -0.3 is 9.80 Å². The Morgan fingerprint density at radius 2 is 1.46 bits per heavy atom. The number of hydrogen-bond acceptors (Lipinski definition) is 4. The van der Waals surface area contributed by atoms with Crippen LogP contribution in [-0.2, 0) is 4.79 Å². The van der Waals surface area contributed by atoms with E-state index in [-0.39, 0.29) is 35.1 Å². The minimum absolute atomic E-state index is 0.147. The molecule has 2 heterocycles. The summed E-state index contributed by atoms with van der Waals surface area (Å²) in [5.41, 5.74) is 1.03. The second-order valence-corrected chi connectivity index (χ2v) is 7.88. The number of imide groups is 1. The van der Waals surface area contributed by atoms with E-state index in [1.165, 1.54) is 19.5 Å². The lowest BCUT2D eigenvalue weighted by atomic mass is 9.88. The molecule has 3 aliphatic rings. The van der Waals surface area contributed by atoms with E-state index >= 15 is 0 Å². The van der Waals surface area contributed by atoms with Crippen LogP contribution in [0.2, 0.25) is 0 Å². The summed E-state index contributed by atoms with van der Waals surface area (Å²) in [4.78, 5) is 54.4. The highest BCUT2D eigenvalue weighted by molar-refractivity contribution is 6.21. The normalized spacial score (nSPS) is 20.5. The SMILES string of the molecule is CN1C(=O)c2ccc(C(=O)N3CCN(C(=O)C4CCCCC4)CC3)cc2C1=O. The minimum Gasteiger partial charge on any atom is -0.339 e. The monoisotopic (exact) mass is 383 g/mol. The lowest BCUT2D eigenvalue weighted by Crippen LogP contribution is -2.52. The molecule has 148 valence electrons. The molecule has 1 saturated heterocycles. The van der Waals surface area contributed by atoms with Crippen LogP contribution in [0, 0.1) is 5.92 Å². The van der Waals surface area contributed by atoms with Crippen molar-refractivity contribution in [2.75, 3.05) is 33.2 Å². The van der Waals surface area contributed by atoms with Gasteiger partial charge in [0, 0.05) is 44.7 Å². The van der Waals surface area contributed by atoms with Gasteiger partial charge in [0.1, 0.15) is 0 Å². The lowest BCUT2D eigenvalue weighted by Gasteiger charge is -2.37. The average Bonchev–Trinajstić information content (AvgIpc) is 2.97. The standard InChI is InChI=1S/C21H25N3O4/c1-22-20(27)16-8-7-15(13-17(16)21(22)28)19(26)24-11-9-23(10-12-24)18(25)14-5-3-2-4-6-14/h7-8,13-14H,2-6,9-12H2,1H3. The smallest absolute Gasteiger partial charge is 0.261 e. The van der Waals surface area contributed by atoms with E-state index in [4.69, 9.17) is 0 Å². The molecule has 0 aromatic heterocycles. The zero-order valence-corrected chi connectivity index (χ0v) is 16.1. The lowest BCUT2D eigenvalue weighted by molar-refractivity contribution is -0.138. The van der Waals surface area contributed by atoms with Crippen LogP contribution in [0.1, 0.15) is 63.2 Å². The van der Waals surface area contributed by atoms with Gasteiger partial charge in [-0.2, -0.15) is 0 Å². The first-order valence-electron chi connectivity index (χ1n) is 10.0. The molecule has 1 aliphatic carbocycles. The number of hydrogen-bond donors (Lipinski definition) is 0. The van der Waals surface area contributed by atoms with Crippen molar-refractivity contribution in [2.45, 2.75) is 32.1 Å². The number of piperazine rings is 1. The quantitative estimate of drug-likeness (QED) is 0.730. The van der Waals surface area contributed by atoms with E-state index in [0.717, 1.165) is 30.6 Å². The van der Waals surface area contributed by atoms with Gasteiger partial charge in [-0.1, -0.05) is 19.3 Å². The topological polar surface area (TPSA) is 78.0 Å². The van der Waals surface area contributed by atoms with Gasteiger partial charge in [-0.3, -0.25) is 24.1 Å². The Morgan fingerprint density at radius 1 is 0.857 bits per heavy atom. The number of carbonyl (C=O) groups is 4. The van der Waals surface area contributed by atoms with Gasteiger partial charge in [-0.15, -0.1) is 0 Å². The van der Waals surface area contributed by atoms with Crippen LogP contribution in [-0.4, -0.2) is 71.6 Å². The number of rotatable bonds is 2. The van der Waals surface area contributed by atoms with Crippen LogP contribution >= 0.6 is 0 Å². The third-order valence-electron chi connectivity index (χ3n) is 6.17. The van der Waals surface area contributed by atoms with Crippen LogP contribution in [0.5, 0.6) is 0 Å². The van der Waals surface area contributed by atoms with Gasteiger partial charge in [0.25, 0.3) is 17.7 Å². The molecule has 0 atom stereocenters.